The Bertz CT molecular complexity index is 284. The van der Waals surface area contributed by atoms with Crippen LogP contribution in [0, 0.1) is 5.41 Å². The van der Waals surface area contributed by atoms with Crippen LogP contribution in [0.1, 0.15) is 12.5 Å². The molecule has 0 saturated carbocycles. The van der Waals surface area contributed by atoms with Crippen molar-refractivity contribution in [2.75, 3.05) is 6.61 Å². The fraction of sp³-hybridized carbons (Fsp3) is 0.556. The number of nitrogens with zero attached hydrogens (tertiary/aromatic N) is 2. The van der Waals surface area contributed by atoms with E-state index >= 15 is 0 Å². The van der Waals surface area contributed by atoms with Gasteiger partial charge in [0.15, 0.2) is 19.1 Å². The molecule has 1 N–H and O–H groups in total. The van der Waals surface area contributed by atoms with E-state index in [-0.39, 0.29) is 0 Å². The predicted molar refractivity (Wildman–Crippen MR) is 49.6 cm³/mol. The standard InChI is InChI=1S/C9H16N3O/c1-4-13-9(10)5-8-6-11(2)12(3)7-8/h6-7,10H,4-5H2,1-3H3/q+1. The first kappa shape index (κ1) is 9.77. The first-order valence-electron chi connectivity index (χ1n) is 4.35. The van der Waals surface area contributed by atoms with Crippen molar-refractivity contribution in [3.05, 3.63) is 18.0 Å². The monoisotopic (exact) mass is 182 g/mol. The minimum absolute atomic E-state index is 0.328. The number of aryl methyl sites for hydroxylation is 2. The van der Waals surface area contributed by atoms with Crippen molar-refractivity contribution in [3.63, 3.8) is 0 Å². The van der Waals surface area contributed by atoms with Gasteiger partial charge in [0.05, 0.1) is 26.3 Å². The zero-order chi connectivity index (χ0) is 9.84. The largest absolute Gasteiger partial charge is 0.481 e. The van der Waals surface area contributed by atoms with Crippen LogP contribution in [0.15, 0.2) is 12.4 Å². The van der Waals surface area contributed by atoms with Crippen LogP contribution in [-0.2, 0) is 25.3 Å². The minimum Gasteiger partial charge on any atom is -0.481 e. The summed E-state index contributed by atoms with van der Waals surface area (Å²) in [6, 6.07) is 0. The summed E-state index contributed by atoms with van der Waals surface area (Å²) in [4.78, 5) is 0. The maximum atomic E-state index is 7.47. The lowest BCUT2D eigenvalue weighted by Crippen LogP contribution is -2.35. The second-order valence-corrected chi connectivity index (χ2v) is 3.01. The fourth-order valence-corrected chi connectivity index (χ4v) is 1.20. The zero-order valence-electron chi connectivity index (χ0n) is 8.37. The molecule has 0 amide bonds. The molecule has 0 bridgehead atoms. The second-order valence-electron chi connectivity index (χ2n) is 3.01. The van der Waals surface area contributed by atoms with Crippen LogP contribution < -0.4 is 4.68 Å². The molecule has 13 heavy (non-hydrogen) atoms. The van der Waals surface area contributed by atoms with Crippen LogP contribution in [0.25, 0.3) is 0 Å². The van der Waals surface area contributed by atoms with Gasteiger partial charge in [-0.3, -0.25) is 5.41 Å². The highest BCUT2D eigenvalue weighted by atomic mass is 16.5. The molecule has 0 aliphatic heterocycles. The van der Waals surface area contributed by atoms with Gasteiger partial charge in [-0.15, -0.1) is 4.68 Å². The highest BCUT2D eigenvalue weighted by Gasteiger charge is 2.08. The maximum Gasteiger partial charge on any atom is 0.199 e. The molecule has 0 spiro atoms. The lowest BCUT2D eigenvalue weighted by Gasteiger charge is -2.00. The Balaban J connectivity index is 2.59. The normalized spacial score (nSPS) is 10.1. The Morgan fingerprint density at radius 1 is 1.69 bits per heavy atom. The van der Waals surface area contributed by atoms with E-state index in [9.17, 15) is 0 Å². The number of hydrogen-bond donors (Lipinski definition) is 1. The van der Waals surface area contributed by atoms with Crippen molar-refractivity contribution in [2.45, 2.75) is 13.3 Å². The fourth-order valence-electron chi connectivity index (χ4n) is 1.20. The number of aromatic nitrogens is 2. The summed E-state index contributed by atoms with van der Waals surface area (Å²) >= 11 is 0. The molecule has 0 radical (unpaired) electrons. The lowest BCUT2D eigenvalue weighted by atomic mass is 10.2. The van der Waals surface area contributed by atoms with Gasteiger partial charge in [-0.1, -0.05) is 0 Å². The third-order valence-corrected chi connectivity index (χ3v) is 1.89. The first-order valence-corrected chi connectivity index (χ1v) is 4.35. The van der Waals surface area contributed by atoms with Gasteiger partial charge in [0.2, 0.25) is 0 Å². The summed E-state index contributed by atoms with van der Waals surface area (Å²) in [5.41, 5.74) is 1.10. The first-order chi connectivity index (χ1) is 6.13. The van der Waals surface area contributed by atoms with Crippen molar-refractivity contribution in [3.8, 4) is 0 Å². The molecule has 0 aliphatic carbocycles. The molecule has 0 unspecified atom stereocenters. The van der Waals surface area contributed by atoms with E-state index in [1.807, 2.05) is 42.8 Å². The van der Waals surface area contributed by atoms with Gasteiger partial charge in [0.25, 0.3) is 0 Å². The van der Waals surface area contributed by atoms with E-state index in [4.69, 9.17) is 10.1 Å². The maximum absolute atomic E-state index is 7.47. The van der Waals surface area contributed by atoms with Crippen molar-refractivity contribution in [2.24, 2.45) is 14.1 Å². The molecule has 0 fully saturated rings. The summed E-state index contributed by atoms with van der Waals surface area (Å²) in [5.74, 6) is 0.328. The topological polar surface area (TPSA) is 41.9 Å². The molecule has 4 heteroatoms. The second kappa shape index (κ2) is 4.07. The number of hydrogen-bond acceptors (Lipinski definition) is 2. The van der Waals surface area contributed by atoms with Gasteiger partial charge in [-0.25, -0.2) is 0 Å². The summed E-state index contributed by atoms with van der Waals surface area (Å²) in [7, 11) is 3.93. The van der Waals surface area contributed by atoms with Crippen LogP contribution in [0.3, 0.4) is 0 Å². The highest BCUT2D eigenvalue weighted by molar-refractivity contribution is 5.75. The smallest absolute Gasteiger partial charge is 0.199 e. The average molecular weight is 182 g/mol. The molecular weight excluding hydrogens is 166 g/mol. The van der Waals surface area contributed by atoms with Crippen molar-refractivity contribution >= 4 is 5.90 Å². The van der Waals surface area contributed by atoms with Gasteiger partial charge >= 0.3 is 0 Å². The molecule has 0 saturated heterocycles. The van der Waals surface area contributed by atoms with Crippen molar-refractivity contribution in [1.82, 2.24) is 4.68 Å². The molecule has 4 nitrogen and oxygen atoms in total. The SMILES string of the molecule is CCOC(=N)Cc1cn(C)[n+](C)c1. The van der Waals surface area contributed by atoms with Gasteiger partial charge in [0, 0.05) is 5.56 Å². The highest BCUT2D eigenvalue weighted by Crippen LogP contribution is 1.97. The Labute approximate surface area is 78.2 Å². The molecular formula is C9H16N3O+. The third kappa shape index (κ3) is 2.57. The Hall–Kier alpha value is -1.32. The molecule has 1 rings (SSSR count). The van der Waals surface area contributed by atoms with Gasteiger partial charge in [-0.05, 0) is 6.92 Å². The summed E-state index contributed by atoms with van der Waals surface area (Å²) < 4.78 is 8.99. The molecule has 0 aliphatic rings. The van der Waals surface area contributed by atoms with Crippen molar-refractivity contribution in [1.29, 1.82) is 5.41 Å². The number of rotatable bonds is 3. The van der Waals surface area contributed by atoms with Gasteiger partial charge < -0.3 is 4.74 Å². The van der Waals surface area contributed by atoms with E-state index in [0.29, 0.717) is 18.9 Å². The predicted octanol–water partition coefficient (Wildman–Crippen LogP) is 0.406. The van der Waals surface area contributed by atoms with Crippen LogP contribution in [0.4, 0.5) is 0 Å². The van der Waals surface area contributed by atoms with Crippen LogP contribution in [0.2, 0.25) is 0 Å². The van der Waals surface area contributed by atoms with E-state index in [0.717, 1.165) is 5.56 Å². The van der Waals surface area contributed by atoms with Gasteiger partial charge in [-0.2, -0.15) is 4.68 Å². The van der Waals surface area contributed by atoms with Crippen LogP contribution >= 0.6 is 0 Å². The van der Waals surface area contributed by atoms with Crippen LogP contribution in [0.5, 0.6) is 0 Å². The molecule has 72 valence electrons. The van der Waals surface area contributed by atoms with Crippen molar-refractivity contribution < 1.29 is 9.42 Å². The molecule has 0 aromatic carbocycles. The zero-order valence-corrected chi connectivity index (χ0v) is 8.37. The quantitative estimate of drug-likeness (QED) is 0.410. The van der Waals surface area contributed by atoms with E-state index in [1.54, 1.807) is 0 Å². The number of nitrogens with one attached hydrogen (secondary N) is 1. The summed E-state index contributed by atoms with van der Waals surface area (Å²) in [6.45, 7) is 2.46. The molecule has 1 aromatic rings. The Morgan fingerprint density at radius 3 is 2.85 bits per heavy atom. The summed E-state index contributed by atoms with van der Waals surface area (Å²) in [5, 5.41) is 7.47. The Morgan fingerprint density at radius 2 is 2.38 bits per heavy atom. The third-order valence-electron chi connectivity index (χ3n) is 1.89. The van der Waals surface area contributed by atoms with E-state index in [1.165, 1.54) is 0 Å². The number of ether oxygens (including phenoxy) is 1. The minimum atomic E-state index is 0.328. The van der Waals surface area contributed by atoms with Gasteiger partial charge in [0.1, 0.15) is 0 Å². The lowest BCUT2D eigenvalue weighted by molar-refractivity contribution is -0.751. The average Bonchev–Trinajstić information content (AvgIpc) is 2.31. The van der Waals surface area contributed by atoms with Crippen LogP contribution in [-0.4, -0.2) is 17.2 Å². The van der Waals surface area contributed by atoms with E-state index in [2.05, 4.69) is 0 Å². The Kier molecular flexibility index (Phi) is 3.06. The molecule has 0 atom stereocenters. The summed E-state index contributed by atoms with van der Waals surface area (Å²) in [6.07, 6.45) is 4.56. The molecule has 1 aromatic heterocycles. The molecule has 1 heterocycles. The van der Waals surface area contributed by atoms with E-state index < -0.39 is 0 Å².